The van der Waals surface area contributed by atoms with Crippen molar-refractivity contribution in [2.45, 2.75) is 26.5 Å². The highest BCUT2D eigenvalue weighted by molar-refractivity contribution is 5.79. The number of nitrogens with one attached hydrogen (secondary N) is 2. The summed E-state index contributed by atoms with van der Waals surface area (Å²) < 4.78 is 12.9. The largest absolute Gasteiger partial charge is 0.387 e. The number of hydrogen-bond donors (Lipinski definition) is 3. The third-order valence-electron chi connectivity index (χ3n) is 3.60. The predicted octanol–water partition coefficient (Wildman–Crippen LogP) is 2.92. The van der Waals surface area contributed by atoms with Gasteiger partial charge in [0.05, 0.1) is 12.6 Å². The summed E-state index contributed by atoms with van der Waals surface area (Å²) in [6, 6.07) is 14.1. The number of aliphatic hydroxyl groups excluding tert-OH is 1. The van der Waals surface area contributed by atoms with Crippen molar-refractivity contribution in [2.75, 3.05) is 13.1 Å². The zero-order valence-electron chi connectivity index (χ0n) is 14.1. The molecule has 0 saturated heterocycles. The third kappa shape index (κ3) is 5.66. The lowest BCUT2D eigenvalue weighted by Crippen LogP contribution is -2.39. The van der Waals surface area contributed by atoms with Crippen LogP contribution in [-0.4, -0.2) is 24.2 Å². The molecule has 24 heavy (non-hydrogen) atoms. The molecule has 4 nitrogen and oxygen atoms in total. The molecule has 5 heteroatoms. The SMILES string of the molecule is CCNC(=NCc1ccc(C)cc1)NCC(O)c1ccc(F)cc1. The molecule has 2 rings (SSSR count). The van der Waals surface area contributed by atoms with Crippen molar-refractivity contribution in [3.63, 3.8) is 0 Å². The van der Waals surface area contributed by atoms with Crippen LogP contribution in [0.2, 0.25) is 0 Å². The molecule has 3 N–H and O–H groups in total. The number of aliphatic imine (C=N–C) groups is 1. The molecule has 1 atom stereocenters. The molecule has 0 spiro atoms. The lowest BCUT2D eigenvalue weighted by Gasteiger charge is -2.15. The average Bonchev–Trinajstić information content (AvgIpc) is 2.59. The van der Waals surface area contributed by atoms with Crippen molar-refractivity contribution < 1.29 is 9.50 Å². The lowest BCUT2D eigenvalue weighted by atomic mass is 10.1. The van der Waals surface area contributed by atoms with E-state index in [0.717, 1.165) is 12.1 Å². The first-order valence-electron chi connectivity index (χ1n) is 8.09. The molecule has 0 saturated carbocycles. The van der Waals surface area contributed by atoms with Gasteiger partial charge in [0.2, 0.25) is 0 Å². The number of rotatable bonds is 6. The normalized spacial score (nSPS) is 12.8. The fourth-order valence-corrected chi connectivity index (χ4v) is 2.20. The number of aryl methyl sites for hydroxylation is 1. The summed E-state index contributed by atoms with van der Waals surface area (Å²) in [4.78, 5) is 4.52. The summed E-state index contributed by atoms with van der Waals surface area (Å²) >= 11 is 0. The zero-order valence-corrected chi connectivity index (χ0v) is 14.1. The van der Waals surface area contributed by atoms with Gasteiger partial charge in [-0.05, 0) is 37.1 Å². The van der Waals surface area contributed by atoms with Gasteiger partial charge in [0, 0.05) is 13.1 Å². The number of halogens is 1. The van der Waals surface area contributed by atoms with Crippen LogP contribution in [0.3, 0.4) is 0 Å². The van der Waals surface area contributed by atoms with E-state index >= 15 is 0 Å². The van der Waals surface area contributed by atoms with Crippen LogP contribution in [0.4, 0.5) is 4.39 Å². The predicted molar refractivity (Wildman–Crippen MR) is 95.4 cm³/mol. The fraction of sp³-hybridized carbons (Fsp3) is 0.316. The van der Waals surface area contributed by atoms with Crippen molar-refractivity contribution in [1.82, 2.24) is 10.6 Å². The Morgan fingerprint density at radius 3 is 2.38 bits per heavy atom. The molecule has 0 aliphatic rings. The molecule has 0 heterocycles. The molecule has 0 aliphatic heterocycles. The standard InChI is InChI=1S/C19H24FN3O/c1-3-21-19(22-12-15-6-4-14(2)5-7-15)23-13-18(24)16-8-10-17(20)11-9-16/h4-11,18,24H,3,12-13H2,1-2H3,(H2,21,22,23). The van der Waals surface area contributed by atoms with E-state index < -0.39 is 6.10 Å². The van der Waals surface area contributed by atoms with Gasteiger partial charge in [-0.2, -0.15) is 0 Å². The first kappa shape index (κ1) is 17.9. The molecule has 128 valence electrons. The summed E-state index contributed by atoms with van der Waals surface area (Å²) in [6.45, 7) is 5.62. The Kier molecular flexibility index (Phi) is 6.75. The summed E-state index contributed by atoms with van der Waals surface area (Å²) in [7, 11) is 0. The Balaban J connectivity index is 1.93. The smallest absolute Gasteiger partial charge is 0.191 e. The molecule has 0 amide bonds. The van der Waals surface area contributed by atoms with Gasteiger partial charge >= 0.3 is 0 Å². The van der Waals surface area contributed by atoms with Crippen LogP contribution >= 0.6 is 0 Å². The number of hydrogen-bond acceptors (Lipinski definition) is 2. The third-order valence-corrected chi connectivity index (χ3v) is 3.60. The second-order valence-corrected chi connectivity index (χ2v) is 5.63. The topological polar surface area (TPSA) is 56.7 Å². The van der Waals surface area contributed by atoms with E-state index in [0.29, 0.717) is 24.6 Å². The van der Waals surface area contributed by atoms with Crippen LogP contribution in [0.5, 0.6) is 0 Å². The van der Waals surface area contributed by atoms with E-state index in [1.165, 1.54) is 17.7 Å². The van der Waals surface area contributed by atoms with E-state index in [4.69, 9.17) is 0 Å². The highest BCUT2D eigenvalue weighted by Crippen LogP contribution is 2.12. The first-order valence-corrected chi connectivity index (χ1v) is 8.09. The van der Waals surface area contributed by atoms with Crippen molar-refractivity contribution >= 4 is 5.96 Å². The minimum atomic E-state index is -0.728. The number of aliphatic hydroxyl groups is 1. The molecule has 0 aromatic heterocycles. The molecule has 0 radical (unpaired) electrons. The second-order valence-electron chi connectivity index (χ2n) is 5.63. The van der Waals surface area contributed by atoms with Gasteiger partial charge in [-0.15, -0.1) is 0 Å². The Labute approximate surface area is 142 Å². The van der Waals surface area contributed by atoms with Crippen LogP contribution < -0.4 is 10.6 Å². The Morgan fingerprint density at radius 1 is 1.08 bits per heavy atom. The van der Waals surface area contributed by atoms with Crippen LogP contribution in [0, 0.1) is 12.7 Å². The second kappa shape index (κ2) is 9.03. The van der Waals surface area contributed by atoms with Gasteiger partial charge in [0.1, 0.15) is 5.82 Å². The van der Waals surface area contributed by atoms with E-state index in [1.54, 1.807) is 12.1 Å². The molecule has 2 aromatic rings. The van der Waals surface area contributed by atoms with Crippen molar-refractivity contribution in [2.24, 2.45) is 4.99 Å². The maximum Gasteiger partial charge on any atom is 0.191 e. The monoisotopic (exact) mass is 329 g/mol. The maximum absolute atomic E-state index is 12.9. The Morgan fingerprint density at radius 2 is 1.75 bits per heavy atom. The quantitative estimate of drug-likeness (QED) is 0.564. The van der Waals surface area contributed by atoms with Crippen LogP contribution in [-0.2, 0) is 6.54 Å². The van der Waals surface area contributed by atoms with Gasteiger partial charge in [-0.25, -0.2) is 9.38 Å². The van der Waals surface area contributed by atoms with Gasteiger partial charge in [0.15, 0.2) is 5.96 Å². The summed E-state index contributed by atoms with van der Waals surface area (Å²) in [5, 5.41) is 16.4. The van der Waals surface area contributed by atoms with Gasteiger partial charge in [0.25, 0.3) is 0 Å². The first-order chi connectivity index (χ1) is 11.6. The van der Waals surface area contributed by atoms with Crippen molar-refractivity contribution in [1.29, 1.82) is 0 Å². The highest BCUT2D eigenvalue weighted by Gasteiger charge is 2.08. The lowest BCUT2D eigenvalue weighted by molar-refractivity contribution is 0.180. The Hall–Kier alpha value is -2.40. The average molecular weight is 329 g/mol. The van der Waals surface area contributed by atoms with Gasteiger partial charge < -0.3 is 15.7 Å². The van der Waals surface area contributed by atoms with Crippen LogP contribution in [0.15, 0.2) is 53.5 Å². The zero-order chi connectivity index (χ0) is 17.4. The minimum absolute atomic E-state index is 0.297. The maximum atomic E-state index is 12.9. The molecular weight excluding hydrogens is 305 g/mol. The van der Waals surface area contributed by atoms with Crippen molar-refractivity contribution in [3.8, 4) is 0 Å². The minimum Gasteiger partial charge on any atom is -0.387 e. The van der Waals surface area contributed by atoms with E-state index in [9.17, 15) is 9.50 Å². The molecule has 0 bridgehead atoms. The van der Waals surface area contributed by atoms with E-state index in [-0.39, 0.29) is 5.82 Å². The summed E-state index contributed by atoms with van der Waals surface area (Å²) in [6.07, 6.45) is -0.728. The van der Waals surface area contributed by atoms with E-state index in [2.05, 4.69) is 46.8 Å². The van der Waals surface area contributed by atoms with E-state index in [1.807, 2.05) is 6.92 Å². The molecular formula is C19H24FN3O. The number of nitrogens with zero attached hydrogens (tertiary/aromatic N) is 1. The number of benzene rings is 2. The number of guanidine groups is 1. The van der Waals surface area contributed by atoms with Crippen molar-refractivity contribution in [3.05, 3.63) is 71.0 Å². The van der Waals surface area contributed by atoms with Gasteiger partial charge in [-0.1, -0.05) is 42.0 Å². The summed E-state index contributed by atoms with van der Waals surface area (Å²) in [5.41, 5.74) is 3.00. The fourth-order valence-electron chi connectivity index (χ4n) is 2.20. The molecule has 0 fully saturated rings. The molecule has 1 unspecified atom stereocenters. The highest BCUT2D eigenvalue weighted by atomic mass is 19.1. The Bertz CT molecular complexity index is 653. The van der Waals surface area contributed by atoms with Crippen LogP contribution in [0.25, 0.3) is 0 Å². The molecule has 2 aromatic carbocycles. The van der Waals surface area contributed by atoms with Crippen LogP contribution in [0.1, 0.15) is 29.7 Å². The molecule has 0 aliphatic carbocycles. The van der Waals surface area contributed by atoms with Gasteiger partial charge in [-0.3, -0.25) is 0 Å². The summed E-state index contributed by atoms with van der Waals surface area (Å²) in [5.74, 6) is 0.325.